The van der Waals surface area contributed by atoms with Crippen LogP contribution >= 0.6 is 0 Å². The van der Waals surface area contributed by atoms with Crippen LogP contribution in [0.2, 0.25) is 0 Å². The zero-order valence-electron chi connectivity index (χ0n) is 13.6. The monoisotopic (exact) mass is 284 g/mol. The molecule has 0 aliphatic heterocycles. The number of nitrogens with zero attached hydrogens (tertiary/aromatic N) is 1. The Morgan fingerprint density at radius 2 is 2.10 bits per heavy atom. The zero-order chi connectivity index (χ0) is 15.2. The van der Waals surface area contributed by atoms with Crippen molar-refractivity contribution >= 4 is 5.97 Å². The predicted molar refractivity (Wildman–Crippen MR) is 83.0 cm³/mol. The molecule has 0 aromatic carbocycles. The van der Waals surface area contributed by atoms with Crippen molar-refractivity contribution in [2.45, 2.75) is 71.4 Å². The number of aliphatic carboxylic acids is 1. The number of carboxylic acids is 1. The fourth-order valence-electron chi connectivity index (χ4n) is 2.95. The van der Waals surface area contributed by atoms with Gasteiger partial charge in [0.15, 0.2) is 0 Å². The van der Waals surface area contributed by atoms with Crippen molar-refractivity contribution in [1.29, 1.82) is 0 Å². The van der Waals surface area contributed by atoms with Gasteiger partial charge in [-0.05, 0) is 65.5 Å². The molecule has 0 aromatic rings. The van der Waals surface area contributed by atoms with E-state index in [2.05, 4.69) is 17.1 Å². The first-order valence-electron chi connectivity index (χ1n) is 8.11. The molecule has 118 valence electrons. The van der Waals surface area contributed by atoms with Crippen molar-refractivity contribution < 1.29 is 9.90 Å². The van der Waals surface area contributed by atoms with Gasteiger partial charge in [-0.3, -0.25) is 10.1 Å². The van der Waals surface area contributed by atoms with Gasteiger partial charge in [-0.2, -0.15) is 0 Å². The van der Waals surface area contributed by atoms with E-state index in [9.17, 15) is 9.90 Å². The molecule has 0 bridgehead atoms. The SMILES string of the molecule is CCN(CCCC(C)(NC(C)C)C(=O)O)CC1CCC1. The second-order valence-electron chi connectivity index (χ2n) is 6.73. The van der Waals surface area contributed by atoms with Gasteiger partial charge in [0.25, 0.3) is 0 Å². The molecule has 0 saturated heterocycles. The highest BCUT2D eigenvalue weighted by molar-refractivity contribution is 5.78. The van der Waals surface area contributed by atoms with E-state index in [1.807, 2.05) is 13.8 Å². The van der Waals surface area contributed by atoms with Crippen molar-refractivity contribution in [3.05, 3.63) is 0 Å². The van der Waals surface area contributed by atoms with E-state index in [1.165, 1.54) is 25.8 Å². The molecule has 0 aromatic heterocycles. The van der Waals surface area contributed by atoms with E-state index in [0.29, 0.717) is 6.42 Å². The van der Waals surface area contributed by atoms with Crippen LogP contribution in [-0.4, -0.2) is 47.2 Å². The number of hydrogen-bond acceptors (Lipinski definition) is 3. The molecule has 1 aliphatic carbocycles. The number of hydrogen-bond donors (Lipinski definition) is 2. The Balaban J connectivity index is 2.36. The quantitative estimate of drug-likeness (QED) is 0.647. The highest BCUT2D eigenvalue weighted by atomic mass is 16.4. The Morgan fingerprint density at radius 3 is 2.50 bits per heavy atom. The topological polar surface area (TPSA) is 52.6 Å². The summed E-state index contributed by atoms with van der Waals surface area (Å²) in [4.78, 5) is 13.9. The summed E-state index contributed by atoms with van der Waals surface area (Å²) in [5.74, 6) is 0.142. The van der Waals surface area contributed by atoms with Crippen molar-refractivity contribution in [2.24, 2.45) is 5.92 Å². The second-order valence-corrected chi connectivity index (χ2v) is 6.73. The molecule has 1 atom stereocenters. The third kappa shape index (κ3) is 5.41. The lowest BCUT2D eigenvalue weighted by molar-refractivity contribution is -0.144. The smallest absolute Gasteiger partial charge is 0.323 e. The lowest BCUT2D eigenvalue weighted by Gasteiger charge is -2.33. The second kappa shape index (κ2) is 7.99. The van der Waals surface area contributed by atoms with Crippen LogP contribution in [0.1, 0.15) is 59.8 Å². The molecule has 1 saturated carbocycles. The molecule has 0 spiro atoms. The largest absolute Gasteiger partial charge is 0.480 e. The van der Waals surface area contributed by atoms with Gasteiger partial charge in [0.1, 0.15) is 5.54 Å². The van der Waals surface area contributed by atoms with E-state index >= 15 is 0 Å². The van der Waals surface area contributed by atoms with E-state index < -0.39 is 11.5 Å². The lowest BCUT2D eigenvalue weighted by atomic mass is 9.85. The zero-order valence-corrected chi connectivity index (χ0v) is 13.6. The molecule has 1 rings (SSSR count). The molecule has 0 amide bonds. The van der Waals surface area contributed by atoms with E-state index in [-0.39, 0.29) is 6.04 Å². The van der Waals surface area contributed by atoms with Crippen molar-refractivity contribution in [2.75, 3.05) is 19.6 Å². The number of carboxylic acid groups (broad SMARTS) is 1. The Morgan fingerprint density at radius 1 is 1.45 bits per heavy atom. The molecule has 2 N–H and O–H groups in total. The van der Waals surface area contributed by atoms with Gasteiger partial charge in [-0.15, -0.1) is 0 Å². The lowest BCUT2D eigenvalue weighted by Crippen LogP contribution is -2.52. The number of nitrogens with one attached hydrogen (secondary N) is 1. The van der Waals surface area contributed by atoms with Crippen LogP contribution in [0.3, 0.4) is 0 Å². The first-order chi connectivity index (χ1) is 9.37. The summed E-state index contributed by atoms with van der Waals surface area (Å²) < 4.78 is 0. The molecule has 1 aliphatic rings. The van der Waals surface area contributed by atoms with Gasteiger partial charge >= 0.3 is 5.97 Å². The average Bonchev–Trinajstić information content (AvgIpc) is 2.30. The molecule has 0 heterocycles. The molecule has 1 fully saturated rings. The minimum absolute atomic E-state index is 0.188. The fourth-order valence-corrected chi connectivity index (χ4v) is 2.95. The molecule has 4 nitrogen and oxygen atoms in total. The third-order valence-corrected chi connectivity index (χ3v) is 4.42. The van der Waals surface area contributed by atoms with Crippen LogP contribution < -0.4 is 5.32 Å². The van der Waals surface area contributed by atoms with Gasteiger partial charge in [0, 0.05) is 12.6 Å². The van der Waals surface area contributed by atoms with Gasteiger partial charge in [0.2, 0.25) is 0 Å². The average molecular weight is 284 g/mol. The summed E-state index contributed by atoms with van der Waals surface area (Å²) in [6.07, 6.45) is 5.75. The Hall–Kier alpha value is -0.610. The van der Waals surface area contributed by atoms with Crippen LogP contribution in [0.25, 0.3) is 0 Å². The van der Waals surface area contributed by atoms with E-state index in [1.54, 1.807) is 6.92 Å². The van der Waals surface area contributed by atoms with Crippen LogP contribution in [0.5, 0.6) is 0 Å². The maximum Gasteiger partial charge on any atom is 0.323 e. The van der Waals surface area contributed by atoms with Crippen molar-refractivity contribution in [1.82, 2.24) is 10.2 Å². The normalized spacial score (nSPS) is 19.1. The molecule has 20 heavy (non-hydrogen) atoms. The summed E-state index contributed by atoms with van der Waals surface area (Å²) in [5.41, 5.74) is -0.802. The Labute approximate surface area is 123 Å². The maximum absolute atomic E-state index is 11.5. The molecule has 0 radical (unpaired) electrons. The van der Waals surface area contributed by atoms with Crippen LogP contribution in [0, 0.1) is 5.92 Å². The van der Waals surface area contributed by atoms with Gasteiger partial charge in [-0.25, -0.2) is 0 Å². The molecule has 1 unspecified atom stereocenters. The maximum atomic E-state index is 11.5. The number of carbonyl (C=O) groups is 1. The predicted octanol–water partition coefficient (Wildman–Crippen LogP) is 2.73. The standard InChI is InChI=1S/C16H32N2O2/c1-5-18(12-14-8-6-9-14)11-7-10-16(4,15(19)20)17-13(2)3/h13-14,17H,5-12H2,1-4H3,(H,19,20). The minimum atomic E-state index is -0.802. The number of rotatable bonds is 10. The van der Waals surface area contributed by atoms with Gasteiger partial charge in [-0.1, -0.05) is 13.3 Å². The summed E-state index contributed by atoms with van der Waals surface area (Å²) in [6.45, 7) is 11.3. The Kier molecular flexibility index (Phi) is 6.96. The molecular formula is C16H32N2O2. The van der Waals surface area contributed by atoms with Crippen molar-refractivity contribution in [3.63, 3.8) is 0 Å². The van der Waals surface area contributed by atoms with Crippen LogP contribution in [0.15, 0.2) is 0 Å². The summed E-state index contributed by atoms with van der Waals surface area (Å²) in [6, 6.07) is 0.188. The van der Waals surface area contributed by atoms with E-state index in [0.717, 1.165) is 25.4 Å². The van der Waals surface area contributed by atoms with E-state index in [4.69, 9.17) is 0 Å². The van der Waals surface area contributed by atoms with Gasteiger partial charge in [0.05, 0.1) is 0 Å². The Bertz CT molecular complexity index is 303. The summed E-state index contributed by atoms with van der Waals surface area (Å²) in [7, 11) is 0. The first kappa shape index (κ1) is 17.4. The van der Waals surface area contributed by atoms with Gasteiger partial charge < -0.3 is 10.0 Å². The highest BCUT2D eigenvalue weighted by Gasteiger charge is 2.33. The molecular weight excluding hydrogens is 252 g/mol. The first-order valence-corrected chi connectivity index (χ1v) is 8.11. The summed E-state index contributed by atoms with van der Waals surface area (Å²) >= 11 is 0. The van der Waals surface area contributed by atoms with Crippen LogP contribution in [-0.2, 0) is 4.79 Å². The highest BCUT2D eigenvalue weighted by Crippen LogP contribution is 2.27. The van der Waals surface area contributed by atoms with Crippen LogP contribution in [0.4, 0.5) is 0 Å². The fraction of sp³-hybridized carbons (Fsp3) is 0.938. The van der Waals surface area contributed by atoms with Crippen molar-refractivity contribution in [3.8, 4) is 0 Å². The molecule has 4 heteroatoms. The third-order valence-electron chi connectivity index (χ3n) is 4.42. The summed E-state index contributed by atoms with van der Waals surface area (Å²) in [5, 5.41) is 12.6. The minimum Gasteiger partial charge on any atom is -0.480 e.